The Balaban J connectivity index is 1.51. The maximum Gasteiger partial charge on any atom is 0.122 e. The molecule has 3 nitrogen and oxygen atoms in total. The summed E-state index contributed by atoms with van der Waals surface area (Å²) in [7, 11) is 1.79. The Morgan fingerprint density at radius 3 is 1.90 bits per heavy atom. The second-order valence-electron chi connectivity index (χ2n) is 10.8. The average Bonchev–Trinajstić information content (AvgIpc) is 3.01. The fourth-order valence-corrected chi connectivity index (χ4v) is 6.56. The van der Waals surface area contributed by atoms with Crippen LogP contribution in [0.5, 0.6) is 5.75 Å². The molecule has 0 radical (unpaired) electrons. The van der Waals surface area contributed by atoms with Gasteiger partial charge in [-0.25, -0.2) is 0 Å². The third-order valence-corrected chi connectivity index (χ3v) is 8.37. The molecule has 3 heteroatoms. The number of hydrogen-bond acceptors (Lipinski definition) is 3. The van der Waals surface area contributed by atoms with Crippen molar-refractivity contribution in [3.63, 3.8) is 0 Å². The molecule has 5 rings (SSSR count). The van der Waals surface area contributed by atoms with E-state index in [9.17, 15) is 0 Å². The SMILES string of the molecule is CCCN(C(C)CNC1CCc2cccc(OC)c2C1)C(c1ccccc1)(c1ccccc1)c1ccccc1. The molecule has 0 spiro atoms. The first-order chi connectivity index (χ1) is 19.2. The number of hydrogen-bond donors (Lipinski definition) is 1. The molecule has 4 aromatic carbocycles. The van der Waals surface area contributed by atoms with Crippen molar-refractivity contribution < 1.29 is 4.74 Å². The lowest BCUT2D eigenvalue weighted by atomic mass is 9.74. The summed E-state index contributed by atoms with van der Waals surface area (Å²) in [5, 5.41) is 3.98. The van der Waals surface area contributed by atoms with Crippen LogP contribution in [0.15, 0.2) is 109 Å². The fourth-order valence-electron chi connectivity index (χ4n) is 6.56. The number of ether oxygens (including phenoxy) is 1. The zero-order valence-electron chi connectivity index (χ0n) is 23.6. The third-order valence-electron chi connectivity index (χ3n) is 8.37. The molecular weight excluding hydrogens is 476 g/mol. The zero-order chi connectivity index (χ0) is 27.1. The summed E-state index contributed by atoms with van der Waals surface area (Å²) in [6.07, 6.45) is 4.34. The van der Waals surface area contributed by atoms with E-state index in [1.807, 2.05) is 0 Å². The van der Waals surface area contributed by atoms with Crippen molar-refractivity contribution in [2.75, 3.05) is 20.2 Å². The van der Waals surface area contributed by atoms with Crippen LogP contribution in [-0.2, 0) is 18.4 Å². The lowest BCUT2D eigenvalue weighted by molar-refractivity contribution is 0.103. The quantitative estimate of drug-likeness (QED) is 0.212. The summed E-state index contributed by atoms with van der Waals surface area (Å²) in [5.41, 5.74) is 6.32. The molecule has 0 saturated heterocycles. The first-order valence-electron chi connectivity index (χ1n) is 14.5. The topological polar surface area (TPSA) is 24.5 Å². The van der Waals surface area contributed by atoms with Crippen molar-refractivity contribution in [2.24, 2.45) is 0 Å². The molecule has 202 valence electrons. The first-order valence-corrected chi connectivity index (χ1v) is 14.5. The molecule has 39 heavy (non-hydrogen) atoms. The Morgan fingerprint density at radius 2 is 1.38 bits per heavy atom. The lowest BCUT2D eigenvalue weighted by Crippen LogP contribution is -2.55. The molecule has 1 aliphatic rings. The molecule has 2 unspecified atom stereocenters. The average molecular weight is 519 g/mol. The largest absolute Gasteiger partial charge is 0.496 e. The number of aryl methyl sites for hydroxylation is 1. The maximum absolute atomic E-state index is 5.71. The van der Waals surface area contributed by atoms with Gasteiger partial charge in [0.05, 0.1) is 12.6 Å². The van der Waals surface area contributed by atoms with Gasteiger partial charge in [-0.05, 0) is 73.0 Å². The summed E-state index contributed by atoms with van der Waals surface area (Å²) >= 11 is 0. The van der Waals surface area contributed by atoms with Crippen molar-refractivity contribution in [1.29, 1.82) is 0 Å². The highest BCUT2D eigenvalue weighted by Crippen LogP contribution is 2.43. The summed E-state index contributed by atoms with van der Waals surface area (Å²) in [5.74, 6) is 1.02. The Bertz CT molecular complexity index is 1200. The Morgan fingerprint density at radius 1 is 0.821 bits per heavy atom. The number of nitrogens with zero attached hydrogens (tertiary/aromatic N) is 1. The Hall–Kier alpha value is -3.40. The summed E-state index contributed by atoms with van der Waals surface area (Å²) in [4.78, 5) is 2.73. The van der Waals surface area contributed by atoms with E-state index in [2.05, 4.69) is 133 Å². The second-order valence-corrected chi connectivity index (χ2v) is 10.8. The van der Waals surface area contributed by atoms with E-state index in [1.54, 1.807) is 7.11 Å². The molecule has 0 heterocycles. The van der Waals surface area contributed by atoms with Crippen LogP contribution in [0.3, 0.4) is 0 Å². The normalized spacial score (nSPS) is 16.1. The minimum Gasteiger partial charge on any atom is -0.496 e. The maximum atomic E-state index is 5.71. The standard InChI is InChI=1S/C36H42N2O/c1-4-25-38(28(2)27-37-33-24-23-29-15-14-22-35(39-3)34(29)26-33)36(30-16-8-5-9-17-30,31-18-10-6-11-19-31)32-20-12-7-13-21-32/h5-22,28,33,37H,4,23-27H2,1-3H3. The molecule has 4 aromatic rings. The number of nitrogens with one attached hydrogen (secondary N) is 1. The van der Waals surface area contributed by atoms with Gasteiger partial charge in [0.25, 0.3) is 0 Å². The van der Waals surface area contributed by atoms with E-state index < -0.39 is 5.54 Å². The van der Waals surface area contributed by atoms with E-state index in [0.29, 0.717) is 12.1 Å². The van der Waals surface area contributed by atoms with E-state index in [0.717, 1.165) is 44.5 Å². The summed E-state index contributed by atoms with van der Waals surface area (Å²) in [6.45, 7) is 6.60. The van der Waals surface area contributed by atoms with E-state index >= 15 is 0 Å². The fraction of sp³-hybridized carbons (Fsp3) is 0.333. The van der Waals surface area contributed by atoms with Crippen LogP contribution in [0.2, 0.25) is 0 Å². The van der Waals surface area contributed by atoms with Gasteiger partial charge in [0.15, 0.2) is 0 Å². The third kappa shape index (κ3) is 5.52. The molecule has 0 amide bonds. The van der Waals surface area contributed by atoms with Crippen LogP contribution in [-0.4, -0.2) is 37.2 Å². The van der Waals surface area contributed by atoms with Gasteiger partial charge in [-0.2, -0.15) is 0 Å². The van der Waals surface area contributed by atoms with Gasteiger partial charge < -0.3 is 10.1 Å². The van der Waals surface area contributed by atoms with E-state index in [1.165, 1.54) is 27.8 Å². The zero-order valence-corrected chi connectivity index (χ0v) is 23.6. The van der Waals surface area contributed by atoms with Crippen LogP contribution in [0.4, 0.5) is 0 Å². The highest BCUT2D eigenvalue weighted by molar-refractivity contribution is 5.50. The molecule has 1 N–H and O–H groups in total. The summed E-state index contributed by atoms with van der Waals surface area (Å²) in [6, 6.07) is 40.4. The van der Waals surface area contributed by atoms with Gasteiger partial charge in [-0.3, -0.25) is 4.90 Å². The molecular formula is C36H42N2O. The molecule has 0 bridgehead atoms. The number of fused-ring (bicyclic) bond motifs is 1. The minimum atomic E-state index is -0.400. The van der Waals surface area contributed by atoms with Crippen LogP contribution < -0.4 is 10.1 Å². The predicted octanol–water partition coefficient (Wildman–Crippen LogP) is 7.23. The highest BCUT2D eigenvalue weighted by Gasteiger charge is 2.43. The second kappa shape index (κ2) is 12.6. The summed E-state index contributed by atoms with van der Waals surface area (Å²) < 4.78 is 5.71. The van der Waals surface area contributed by atoms with Crippen molar-refractivity contribution in [3.8, 4) is 5.75 Å². The van der Waals surface area contributed by atoms with Gasteiger partial charge in [-0.1, -0.05) is 110 Å². The molecule has 2 atom stereocenters. The van der Waals surface area contributed by atoms with Gasteiger partial charge in [0, 0.05) is 18.6 Å². The van der Waals surface area contributed by atoms with Gasteiger partial charge in [-0.15, -0.1) is 0 Å². The van der Waals surface area contributed by atoms with Crippen molar-refractivity contribution in [3.05, 3.63) is 137 Å². The van der Waals surface area contributed by atoms with Crippen molar-refractivity contribution >= 4 is 0 Å². The molecule has 0 aliphatic heterocycles. The van der Waals surface area contributed by atoms with E-state index in [4.69, 9.17) is 4.74 Å². The van der Waals surface area contributed by atoms with E-state index in [-0.39, 0.29) is 0 Å². The van der Waals surface area contributed by atoms with Crippen LogP contribution in [0, 0.1) is 0 Å². The highest BCUT2D eigenvalue weighted by atomic mass is 16.5. The Kier molecular flexibility index (Phi) is 8.81. The van der Waals surface area contributed by atoms with Crippen LogP contribution in [0.25, 0.3) is 0 Å². The molecule has 0 fully saturated rings. The van der Waals surface area contributed by atoms with Gasteiger partial charge in [0.2, 0.25) is 0 Å². The van der Waals surface area contributed by atoms with Crippen LogP contribution >= 0.6 is 0 Å². The monoisotopic (exact) mass is 518 g/mol. The molecule has 0 saturated carbocycles. The smallest absolute Gasteiger partial charge is 0.122 e. The minimum absolute atomic E-state index is 0.296. The van der Waals surface area contributed by atoms with Crippen LogP contribution in [0.1, 0.15) is 54.5 Å². The van der Waals surface area contributed by atoms with Crippen molar-refractivity contribution in [2.45, 2.75) is 57.2 Å². The lowest BCUT2D eigenvalue weighted by Gasteiger charge is -2.49. The van der Waals surface area contributed by atoms with Gasteiger partial charge >= 0.3 is 0 Å². The number of methoxy groups -OCH3 is 1. The first kappa shape index (κ1) is 27.2. The molecule has 0 aromatic heterocycles. The predicted molar refractivity (Wildman–Crippen MR) is 162 cm³/mol. The molecule has 1 aliphatic carbocycles. The van der Waals surface area contributed by atoms with Gasteiger partial charge in [0.1, 0.15) is 5.75 Å². The number of benzene rings is 4. The van der Waals surface area contributed by atoms with Crippen molar-refractivity contribution in [1.82, 2.24) is 10.2 Å². The Labute approximate surface area is 234 Å². The number of rotatable bonds is 11.